The number of primary sulfonamides is 1. The lowest BCUT2D eigenvalue weighted by molar-refractivity contribution is 0.101. The summed E-state index contributed by atoms with van der Waals surface area (Å²) in [6.45, 7) is 1.66. The lowest BCUT2D eigenvalue weighted by atomic mass is 10.1. The van der Waals surface area contributed by atoms with E-state index in [2.05, 4.69) is 0 Å². The van der Waals surface area contributed by atoms with Gasteiger partial charge in [0.05, 0.1) is 17.9 Å². The molecule has 0 spiro atoms. The molecule has 0 saturated heterocycles. The standard InChI is InChI=1S/C11H15NO4S/c1-9(13)10-5-2-3-6-11(10)16-7-4-8-17(12,14)15/h2-3,5-6H,4,7-8H2,1H3,(H2,12,14,15). The Balaban J connectivity index is 2.55. The number of nitrogens with two attached hydrogens (primary N) is 1. The third kappa shape index (κ3) is 4.97. The van der Waals surface area contributed by atoms with E-state index in [0.717, 1.165) is 0 Å². The molecule has 0 radical (unpaired) electrons. The average molecular weight is 257 g/mol. The lowest BCUT2D eigenvalue weighted by Crippen LogP contribution is -2.18. The number of benzene rings is 1. The van der Waals surface area contributed by atoms with E-state index in [0.29, 0.717) is 17.7 Å². The number of hydrogen-bond donors (Lipinski definition) is 1. The molecule has 0 amide bonds. The number of sulfonamides is 1. The summed E-state index contributed by atoms with van der Waals surface area (Å²) >= 11 is 0. The van der Waals surface area contributed by atoms with E-state index in [1.54, 1.807) is 24.3 Å². The maximum Gasteiger partial charge on any atom is 0.209 e. The van der Waals surface area contributed by atoms with Crippen LogP contribution in [0.1, 0.15) is 23.7 Å². The van der Waals surface area contributed by atoms with Crippen LogP contribution in [-0.4, -0.2) is 26.6 Å². The number of carbonyl (C=O) groups excluding carboxylic acids is 1. The van der Waals surface area contributed by atoms with Crippen molar-refractivity contribution in [3.8, 4) is 5.75 Å². The van der Waals surface area contributed by atoms with Crippen LogP contribution in [0.4, 0.5) is 0 Å². The molecule has 94 valence electrons. The smallest absolute Gasteiger partial charge is 0.209 e. The molecule has 1 aromatic rings. The van der Waals surface area contributed by atoms with Gasteiger partial charge in [-0.15, -0.1) is 0 Å². The number of ketones is 1. The van der Waals surface area contributed by atoms with Crippen LogP contribution in [0.5, 0.6) is 5.75 Å². The van der Waals surface area contributed by atoms with E-state index in [1.165, 1.54) is 6.92 Å². The Morgan fingerprint density at radius 3 is 2.59 bits per heavy atom. The molecule has 0 fully saturated rings. The number of Topliss-reactive ketones (excluding diaryl/α,β-unsaturated/α-hetero) is 1. The summed E-state index contributed by atoms with van der Waals surface area (Å²) in [5.74, 6) is 0.247. The molecule has 0 aliphatic heterocycles. The Morgan fingerprint density at radius 2 is 2.00 bits per heavy atom. The van der Waals surface area contributed by atoms with Crippen LogP contribution >= 0.6 is 0 Å². The van der Waals surface area contributed by atoms with Crippen molar-refractivity contribution >= 4 is 15.8 Å². The van der Waals surface area contributed by atoms with Crippen molar-refractivity contribution in [2.24, 2.45) is 5.14 Å². The van der Waals surface area contributed by atoms with E-state index in [4.69, 9.17) is 9.88 Å². The second kappa shape index (κ2) is 5.79. The minimum absolute atomic E-state index is 0.0907. The first-order valence-corrected chi connectivity index (χ1v) is 6.85. The molecule has 0 aliphatic rings. The Kier molecular flexibility index (Phi) is 4.65. The molecule has 6 heteroatoms. The van der Waals surface area contributed by atoms with Gasteiger partial charge in [0.25, 0.3) is 0 Å². The maximum absolute atomic E-state index is 11.3. The largest absolute Gasteiger partial charge is 0.493 e. The van der Waals surface area contributed by atoms with E-state index >= 15 is 0 Å². The van der Waals surface area contributed by atoms with Crippen molar-refractivity contribution in [2.75, 3.05) is 12.4 Å². The van der Waals surface area contributed by atoms with Gasteiger partial charge in [-0.1, -0.05) is 12.1 Å². The lowest BCUT2D eigenvalue weighted by Gasteiger charge is -2.08. The quantitative estimate of drug-likeness (QED) is 0.607. The molecule has 17 heavy (non-hydrogen) atoms. The number of para-hydroxylation sites is 1. The van der Waals surface area contributed by atoms with Gasteiger partial charge in [-0.05, 0) is 25.5 Å². The van der Waals surface area contributed by atoms with Gasteiger partial charge in [0.15, 0.2) is 5.78 Å². The highest BCUT2D eigenvalue weighted by atomic mass is 32.2. The highest BCUT2D eigenvalue weighted by Crippen LogP contribution is 2.18. The predicted molar refractivity (Wildman–Crippen MR) is 64.5 cm³/mol. The molecule has 0 saturated carbocycles. The first-order valence-electron chi connectivity index (χ1n) is 5.13. The molecule has 5 nitrogen and oxygen atoms in total. The molecule has 2 N–H and O–H groups in total. The minimum Gasteiger partial charge on any atom is -0.493 e. The molecule has 0 heterocycles. The molecule has 0 aromatic heterocycles. The summed E-state index contributed by atoms with van der Waals surface area (Å²) in [6, 6.07) is 6.83. The zero-order valence-electron chi connectivity index (χ0n) is 9.55. The Bertz CT molecular complexity index is 496. The summed E-state index contributed by atoms with van der Waals surface area (Å²) in [7, 11) is -3.45. The van der Waals surface area contributed by atoms with Gasteiger partial charge in [0, 0.05) is 0 Å². The summed E-state index contributed by atoms with van der Waals surface area (Å²) in [5, 5.41) is 4.86. The fraction of sp³-hybridized carbons (Fsp3) is 0.364. The van der Waals surface area contributed by atoms with Crippen molar-refractivity contribution in [1.82, 2.24) is 0 Å². The van der Waals surface area contributed by atoms with Gasteiger partial charge in [0.2, 0.25) is 10.0 Å². The fourth-order valence-corrected chi connectivity index (χ4v) is 1.85. The summed E-state index contributed by atoms with van der Waals surface area (Å²) in [4.78, 5) is 11.3. The summed E-state index contributed by atoms with van der Waals surface area (Å²) < 4.78 is 26.7. The van der Waals surface area contributed by atoms with Gasteiger partial charge in [-0.3, -0.25) is 4.79 Å². The molecule has 1 rings (SSSR count). The highest BCUT2D eigenvalue weighted by molar-refractivity contribution is 7.89. The molecule has 0 atom stereocenters. The number of hydrogen-bond acceptors (Lipinski definition) is 4. The number of rotatable bonds is 6. The van der Waals surface area contributed by atoms with E-state index in [9.17, 15) is 13.2 Å². The molecule has 0 unspecified atom stereocenters. The molecular weight excluding hydrogens is 242 g/mol. The topological polar surface area (TPSA) is 86.5 Å². The molecule has 1 aromatic carbocycles. The molecule has 0 bridgehead atoms. The Hall–Kier alpha value is -1.40. The monoisotopic (exact) mass is 257 g/mol. The van der Waals surface area contributed by atoms with E-state index < -0.39 is 10.0 Å². The SMILES string of the molecule is CC(=O)c1ccccc1OCCCS(N)(=O)=O. The zero-order valence-corrected chi connectivity index (χ0v) is 10.4. The van der Waals surface area contributed by atoms with Crippen molar-refractivity contribution < 1.29 is 17.9 Å². The fourth-order valence-electron chi connectivity index (χ4n) is 1.33. The van der Waals surface area contributed by atoms with Crippen LogP contribution in [-0.2, 0) is 10.0 Å². The van der Waals surface area contributed by atoms with Crippen LogP contribution in [0.15, 0.2) is 24.3 Å². The predicted octanol–water partition coefficient (Wildman–Crippen LogP) is 0.947. The first-order chi connectivity index (χ1) is 7.90. The van der Waals surface area contributed by atoms with Gasteiger partial charge < -0.3 is 4.74 Å². The van der Waals surface area contributed by atoms with E-state index in [-0.39, 0.29) is 18.1 Å². The molecular formula is C11H15NO4S. The Labute approximate surface area is 101 Å². The second-order valence-corrected chi connectivity index (χ2v) is 5.36. The molecule has 0 aliphatic carbocycles. The van der Waals surface area contributed by atoms with Crippen molar-refractivity contribution in [1.29, 1.82) is 0 Å². The highest BCUT2D eigenvalue weighted by Gasteiger charge is 2.08. The van der Waals surface area contributed by atoms with E-state index in [1.807, 2.05) is 0 Å². The van der Waals surface area contributed by atoms with Crippen molar-refractivity contribution in [3.63, 3.8) is 0 Å². The van der Waals surface area contributed by atoms with Crippen LogP contribution < -0.4 is 9.88 Å². The minimum atomic E-state index is -3.45. The normalized spacial score (nSPS) is 11.2. The van der Waals surface area contributed by atoms with Crippen LogP contribution in [0.2, 0.25) is 0 Å². The average Bonchev–Trinajstić information content (AvgIpc) is 2.23. The van der Waals surface area contributed by atoms with Crippen LogP contribution in [0.3, 0.4) is 0 Å². The van der Waals surface area contributed by atoms with Gasteiger partial charge in [-0.25, -0.2) is 13.6 Å². The third-order valence-electron chi connectivity index (χ3n) is 2.10. The van der Waals surface area contributed by atoms with Gasteiger partial charge >= 0.3 is 0 Å². The number of carbonyl (C=O) groups is 1. The van der Waals surface area contributed by atoms with Crippen molar-refractivity contribution in [2.45, 2.75) is 13.3 Å². The van der Waals surface area contributed by atoms with Gasteiger partial charge in [-0.2, -0.15) is 0 Å². The van der Waals surface area contributed by atoms with Gasteiger partial charge in [0.1, 0.15) is 5.75 Å². The maximum atomic E-state index is 11.3. The Morgan fingerprint density at radius 1 is 1.35 bits per heavy atom. The summed E-state index contributed by atoms with van der Waals surface area (Å²) in [5.41, 5.74) is 0.489. The summed E-state index contributed by atoms with van der Waals surface area (Å²) in [6.07, 6.45) is 0.297. The van der Waals surface area contributed by atoms with Crippen molar-refractivity contribution in [3.05, 3.63) is 29.8 Å². The third-order valence-corrected chi connectivity index (χ3v) is 2.95. The first kappa shape index (κ1) is 13.7. The number of ether oxygens (including phenoxy) is 1. The second-order valence-electron chi connectivity index (χ2n) is 3.62. The van der Waals surface area contributed by atoms with Crippen LogP contribution in [0, 0.1) is 0 Å². The van der Waals surface area contributed by atoms with Crippen LogP contribution in [0.25, 0.3) is 0 Å². The zero-order chi connectivity index (χ0) is 12.9.